The quantitative estimate of drug-likeness (QED) is 0.175. The summed E-state index contributed by atoms with van der Waals surface area (Å²) in [7, 11) is 0.958. The Balaban J connectivity index is 1.30. The second-order valence-electron chi connectivity index (χ2n) is 11.7. The van der Waals surface area contributed by atoms with Gasteiger partial charge in [-0.3, -0.25) is 9.00 Å². The van der Waals surface area contributed by atoms with E-state index in [4.69, 9.17) is 23.2 Å². The minimum Gasteiger partial charge on any atom is -0.341 e. The largest absolute Gasteiger partial charge is 0.341 e. The molecule has 1 aliphatic rings. The van der Waals surface area contributed by atoms with Crippen molar-refractivity contribution in [3.8, 4) is 6.07 Å². The molecule has 0 spiro atoms. The maximum atomic E-state index is 13.8. The summed E-state index contributed by atoms with van der Waals surface area (Å²) in [6.45, 7) is 3.38. The standard InChI is InChI=1S/C36H37Cl2N3O2S/c1-40(36(42)33-20-25(22-39)19-28-7-3-6-10-32(28)33)23-29(27-11-12-34(37)35(38)21-27)15-18-41-16-13-26(14-17-41)31-9-5-4-8-30(31)24-44(2)43/h3-12,19-21,26,29H,13-18,23-24H2,1-2H3/t29-,44?/m1/s1. The van der Waals surface area contributed by atoms with Gasteiger partial charge < -0.3 is 9.80 Å². The number of carbonyl (C=O) groups excluding carboxylic acids is 1. The van der Waals surface area contributed by atoms with Crippen LogP contribution in [0.2, 0.25) is 10.0 Å². The number of halogens is 2. The lowest BCUT2D eigenvalue weighted by Crippen LogP contribution is -2.36. The second-order valence-corrected chi connectivity index (χ2v) is 14.0. The van der Waals surface area contributed by atoms with Crippen LogP contribution >= 0.6 is 23.2 Å². The number of nitriles is 1. The average Bonchev–Trinajstić information content (AvgIpc) is 3.03. The van der Waals surface area contributed by atoms with Crippen LogP contribution in [0.5, 0.6) is 0 Å². The molecule has 1 aliphatic heterocycles. The number of likely N-dealkylation sites (N-methyl/N-ethyl adjacent to an activating group) is 1. The van der Waals surface area contributed by atoms with Crippen LogP contribution in [0.25, 0.3) is 10.8 Å². The van der Waals surface area contributed by atoms with E-state index in [0.717, 1.165) is 55.2 Å². The van der Waals surface area contributed by atoms with E-state index >= 15 is 0 Å². The first-order valence-corrected chi connectivity index (χ1v) is 17.4. The van der Waals surface area contributed by atoms with Gasteiger partial charge in [-0.25, -0.2) is 0 Å². The molecular formula is C36H37Cl2N3O2S. The van der Waals surface area contributed by atoms with Crippen LogP contribution in [0, 0.1) is 11.3 Å². The molecule has 4 aromatic carbocycles. The van der Waals surface area contributed by atoms with E-state index in [1.165, 1.54) is 11.1 Å². The van der Waals surface area contributed by atoms with Crippen LogP contribution in [-0.4, -0.2) is 59.4 Å². The minimum atomic E-state index is -0.868. The van der Waals surface area contributed by atoms with E-state index in [0.29, 0.717) is 39.4 Å². The van der Waals surface area contributed by atoms with Crippen LogP contribution in [0.3, 0.4) is 0 Å². The fourth-order valence-corrected chi connectivity index (χ4v) is 7.40. The van der Waals surface area contributed by atoms with Crippen molar-refractivity contribution >= 4 is 50.7 Å². The van der Waals surface area contributed by atoms with Gasteiger partial charge in [0, 0.05) is 47.9 Å². The number of piperidine rings is 1. The minimum absolute atomic E-state index is 0.0436. The molecular weight excluding hydrogens is 609 g/mol. The lowest BCUT2D eigenvalue weighted by Gasteiger charge is -2.34. The monoisotopic (exact) mass is 645 g/mol. The molecule has 0 saturated carbocycles. The number of likely N-dealkylation sites (tertiary alicyclic amines) is 1. The fourth-order valence-electron chi connectivity index (χ4n) is 6.39. The molecule has 5 rings (SSSR count). The Kier molecular flexibility index (Phi) is 10.8. The van der Waals surface area contributed by atoms with Gasteiger partial charge in [-0.1, -0.05) is 77.8 Å². The molecule has 0 radical (unpaired) electrons. The van der Waals surface area contributed by atoms with Gasteiger partial charge >= 0.3 is 0 Å². The maximum absolute atomic E-state index is 13.8. The first-order valence-electron chi connectivity index (χ1n) is 15.0. The Morgan fingerprint density at radius 1 is 1.02 bits per heavy atom. The van der Waals surface area contributed by atoms with E-state index < -0.39 is 10.8 Å². The molecule has 1 unspecified atom stereocenters. The molecule has 0 bridgehead atoms. The number of hydrogen-bond acceptors (Lipinski definition) is 4. The van der Waals surface area contributed by atoms with Crippen molar-refractivity contribution in [2.24, 2.45) is 0 Å². The number of rotatable bonds is 10. The molecule has 1 heterocycles. The highest BCUT2D eigenvalue weighted by Crippen LogP contribution is 2.33. The third-order valence-corrected chi connectivity index (χ3v) is 10.2. The normalized spacial score (nSPS) is 15.5. The highest BCUT2D eigenvalue weighted by Gasteiger charge is 2.25. The number of fused-ring (bicyclic) bond motifs is 1. The Morgan fingerprint density at radius 3 is 2.48 bits per heavy atom. The molecule has 0 aliphatic carbocycles. The fraction of sp³-hybridized carbons (Fsp3) is 0.333. The predicted octanol–water partition coefficient (Wildman–Crippen LogP) is 8.02. The van der Waals surface area contributed by atoms with Gasteiger partial charge in [-0.2, -0.15) is 5.26 Å². The Bertz CT molecular complexity index is 1710. The number of nitrogens with zero attached hydrogens (tertiary/aromatic N) is 3. The van der Waals surface area contributed by atoms with Gasteiger partial charge in [-0.05, 0) is 96.5 Å². The van der Waals surface area contributed by atoms with Crippen molar-refractivity contribution in [2.45, 2.75) is 36.9 Å². The van der Waals surface area contributed by atoms with E-state index in [1.807, 2.05) is 61.6 Å². The van der Waals surface area contributed by atoms with Crippen LogP contribution < -0.4 is 0 Å². The smallest absolute Gasteiger partial charge is 0.254 e. The molecule has 0 aromatic heterocycles. The van der Waals surface area contributed by atoms with E-state index in [9.17, 15) is 14.3 Å². The zero-order valence-corrected chi connectivity index (χ0v) is 27.5. The van der Waals surface area contributed by atoms with Gasteiger partial charge in [0.15, 0.2) is 0 Å². The first-order chi connectivity index (χ1) is 21.2. The van der Waals surface area contributed by atoms with Crippen LogP contribution in [0.4, 0.5) is 0 Å². The zero-order valence-electron chi connectivity index (χ0n) is 25.1. The number of carbonyl (C=O) groups is 1. The third-order valence-electron chi connectivity index (χ3n) is 8.71. The highest BCUT2D eigenvalue weighted by atomic mass is 35.5. The number of benzene rings is 4. The van der Waals surface area contributed by atoms with Crippen molar-refractivity contribution in [2.75, 3.05) is 39.5 Å². The van der Waals surface area contributed by atoms with Crippen molar-refractivity contribution in [1.82, 2.24) is 9.80 Å². The molecule has 1 saturated heterocycles. The first kappa shape index (κ1) is 32.2. The number of amides is 1. The molecule has 2 atom stereocenters. The summed E-state index contributed by atoms with van der Waals surface area (Å²) in [5.74, 6) is 1.00. The summed E-state index contributed by atoms with van der Waals surface area (Å²) in [4.78, 5) is 18.1. The SMILES string of the molecule is CN(C[C@@H](CCN1CCC(c2ccccc2CS(C)=O)CC1)c1ccc(Cl)c(Cl)c1)C(=O)c1cc(C#N)cc2ccccc12. The van der Waals surface area contributed by atoms with E-state index in [1.54, 1.807) is 17.2 Å². The predicted molar refractivity (Wildman–Crippen MR) is 182 cm³/mol. The Hall–Kier alpha value is -3.21. The zero-order chi connectivity index (χ0) is 31.2. The number of hydrogen-bond donors (Lipinski definition) is 0. The summed E-state index contributed by atoms with van der Waals surface area (Å²) in [6, 6.07) is 27.6. The summed E-state index contributed by atoms with van der Waals surface area (Å²) >= 11 is 12.7. The Labute approximate surface area is 272 Å². The van der Waals surface area contributed by atoms with Crippen molar-refractivity contribution in [3.05, 3.63) is 117 Å². The van der Waals surface area contributed by atoms with Crippen molar-refractivity contribution in [3.63, 3.8) is 0 Å². The van der Waals surface area contributed by atoms with Gasteiger partial charge in [-0.15, -0.1) is 0 Å². The summed E-state index contributed by atoms with van der Waals surface area (Å²) in [5, 5.41) is 12.3. The lowest BCUT2D eigenvalue weighted by atomic mass is 9.86. The Morgan fingerprint density at radius 2 is 1.75 bits per heavy atom. The van der Waals surface area contributed by atoms with E-state index in [-0.39, 0.29) is 11.8 Å². The summed E-state index contributed by atoms with van der Waals surface area (Å²) < 4.78 is 11.9. The van der Waals surface area contributed by atoms with Crippen LogP contribution in [0.15, 0.2) is 78.9 Å². The van der Waals surface area contributed by atoms with Crippen LogP contribution in [-0.2, 0) is 16.6 Å². The van der Waals surface area contributed by atoms with Crippen molar-refractivity contribution < 1.29 is 9.00 Å². The second kappa shape index (κ2) is 14.7. The molecule has 228 valence electrons. The summed E-state index contributed by atoms with van der Waals surface area (Å²) in [5.41, 5.74) is 4.59. The average molecular weight is 647 g/mol. The topological polar surface area (TPSA) is 64.4 Å². The molecule has 44 heavy (non-hydrogen) atoms. The third kappa shape index (κ3) is 7.71. The molecule has 1 amide bonds. The maximum Gasteiger partial charge on any atom is 0.254 e. The molecule has 8 heteroatoms. The molecule has 1 fully saturated rings. The lowest BCUT2D eigenvalue weighted by molar-refractivity contribution is 0.0783. The van der Waals surface area contributed by atoms with E-state index in [2.05, 4.69) is 29.2 Å². The summed E-state index contributed by atoms with van der Waals surface area (Å²) in [6.07, 6.45) is 4.74. The van der Waals surface area contributed by atoms with Gasteiger partial charge in [0.2, 0.25) is 0 Å². The van der Waals surface area contributed by atoms with Crippen molar-refractivity contribution in [1.29, 1.82) is 5.26 Å². The molecule has 4 aromatic rings. The molecule has 0 N–H and O–H groups in total. The molecule has 5 nitrogen and oxygen atoms in total. The van der Waals surface area contributed by atoms with Gasteiger partial charge in [0.1, 0.15) is 0 Å². The van der Waals surface area contributed by atoms with Gasteiger partial charge in [0.25, 0.3) is 5.91 Å². The van der Waals surface area contributed by atoms with Crippen LogP contribution in [0.1, 0.15) is 63.7 Å². The highest BCUT2D eigenvalue weighted by molar-refractivity contribution is 7.83. The van der Waals surface area contributed by atoms with Gasteiger partial charge in [0.05, 0.1) is 21.7 Å².